The van der Waals surface area contributed by atoms with Crippen LogP contribution in [-0.2, 0) is 0 Å². The predicted octanol–water partition coefficient (Wildman–Crippen LogP) is 5.81. The number of piperazine rings is 1. The molecule has 214 valence electrons. The van der Waals surface area contributed by atoms with Crippen LogP contribution in [0.15, 0.2) is 45.7 Å². The molecular formula is C29H28BrF2N5O4. The van der Waals surface area contributed by atoms with Crippen LogP contribution in [0.4, 0.5) is 19.4 Å². The number of nitrogens with zero attached hydrogens (tertiary/aromatic N) is 5. The maximum absolute atomic E-state index is 15.8. The Morgan fingerprint density at radius 1 is 1.12 bits per heavy atom. The molecule has 4 aromatic rings. The third kappa shape index (κ3) is 5.01. The summed E-state index contributed by atoms with van der Waals surface area (Å²) in [4.78, 5) is 37.4. The number of aromatic nitrogens is 3. The summed E-state index contributed by atoms with van der Waals surface area (Å²) in [6.45, 7) is 8.09. The fourth-order valence-corrected chi connectivity index (χ4v) is 5.99. The summed E-state index contributed by atoms with van der Waals surface area (Å²) in [5.74, 6) is -2.17. The summed E-state index contributed by atoms with van der Waals surface area (Å²) < 4.78 is 32.8. The summed E-state index contributed by atoms with van der Waals surface area (Å²) in [5, 5.41) is 20.1. The molecule has 5 rings (SSSR count). The predicted molar refractivity (Wildman–Crippen MR) is 155 cm³/mol. The van der Waals surface area contributed by atoms with Crippen molar-refractivity contribution in [1.29, 1.82) is 0 Å². The van der Waals surface area contributed by atoms with Crippen LogP contribution in [0.3, 0.4) is 0 Å². The van der Waals surface area contributed by atoms with Crippen LogP contribution in [0.2, 0.25) is 0 Å². The first kappa shape index (κ1) is 28.5. The molecule has 41 heavy (non-hydrogen) atoms. The molecular weight excluding hydrogens is 600 g/mol. The Morgan fingerprint density at radius 3 is 2.49 bits per heavy atom. The van der Waals surface area contributed by atoms with E-state index in [2.05, 4.69) is 25.9 Å². The summed E-state index contributed by atoms with van der Waals surface area (Å²) in [7, 11) is 0. The zero-order chi connectivity index (χ0) is 29.7. The second-order valence-corrected chi connectivity index (χ2v) is 11.4. The minimum absolute atomic E-state index is 0.0255. The Balaban J connectivity index is 1.87. The van der Waals surface area contributed by atoms with Gasteiger partial charge >= 0.3 is 11.8 Å². The van der Waals surface area contributed by atoms with Crippen molar-refractivity contribution >= 4 is 38.9 Å². The molecule has 0 saturated carbocycles. The Bertz CT molecular complexity index is 1740. The number of aromatic hydroxyl groups is 1. The van der Waals surface area contributed by atoms with Crippen LogP contribution in [-0.4, -0.2) is 61.4 Å². The summed E-state index contributed by atoms with van der Waals surface area (Å²) in [5.41, 5.74) is 0.511. The van der Waals surface area contributed by atoms with Crippen molar-refractivity contribution in [1.82, 2.24) is 19.4 Å². The second kappa shape index (κ2) is 10.7. The van der Waals surface area contributed by atoms with Gasteiger partial charge in [-0.15, -0.1) is 0 Å². The monoisotopic (exact) mass is 627 g/mol. The molecule has 2 aromatic heterocycles. The van der Waals surface area contributed by atoms with E-state index in [-0.39, 0.29) is 48.4 Å². The normalized spacial score (nSPS) is 15.7. The number of phenolic OH excluding ortho intramolecular Hbond substituents is 1. The van der Waals surface area contributed by atoms with Gasteiger partial charge < -0.3 is 20.0 Å². The molecule has 1 aliphatic rings. The molecule has 0 bridgehead atoms. The number of anilines is 1. The number of rotatable bonds is 4. The van der Waals surface area contributed by atoms with Crippen LogP contribution in [0.1, 0.15) is 37.8 Å². The minimum atomic E-state index is -1.06. The van der Waals surface area contributed by atoms with Gasteiger partial charge in [-0.25, -0.2) is 27.9 Å². The maximum atomic E-state index is 15.8. The van der Waals surface area contributed by atoms with Crippen molar-refractivity contribution in [2.75, 3.05) is 24.5 Å². The highest BCUT2D eigenvalue weighted by atomic mass is 79.9. The molecule has 2 aromatic carbocycles. The Morgan fingerprint density at radius 2 is 1.85 bits per heavy atom. The van der Waals surface area contributed by atoms with Crippen molar-refractivity contribution in [2.24, 2.45) is 0 Å². The van der Waals surface area contributed by atoms with Crippen LogP contribution >= 0.6 is 15.9 Å². The Labute approximate surface area is 242 Å². The highest BCUT2D eigenvalue weighted by molar-refractivity contribution is 9.10. The lowest BCUT2D eigenvalue weighted by Gasteiger charge is -2.39. The van der Waals surface area contributed by atoms with E-state index in [0.29, 0.717) is 5.69 Å². The molecule has 0 radical (unpaired) electrons. The van der Waals surface area contributed by atoms with Crippen molar-refractivity contribution in [3.63, 3.8) is 0 Å². The molecule has 0 spiro atoms. The van der Waals surface area contributed by atoms with Crippen molar-refractivity contribution in [3.05, 3.63) is 74.1 Å². The fourth-order valence-electron chi connectivity index (χ4n) is 5.40. The zero-order valence-electron chi connectivity index (χ0n) is 22.8. The van der Waals surface area contributed by atoms with Gasteiger partial charge in [-0.2, -0.15) is 4.98 Å². The van der Waals surface area contributed by atoms with Gasteiger partial charge in [0.15, 0.2) is 11.5 Å². The molecule has 1 amide bonds. The van der Waals surface area contributed by atoms with Crippen LogP contribution in [0, 0.1) is 18.6 Å². The van der Waals surface area contributed by atoms with E-state index in [4.69, 9.17) is 0 Å². The van der Waals surface area contributed by atoms with Gasteiger partial charge in [0, 0.05) is 30.1 Å². The van der Waals surface area contributed by atoms with E-state index < -0.39 is 40.4 Å². The van der Waals surface area contributed by atoms with Crippen molar-refractivity contribution in [3.8, 4) is 22.7 Å². The molecule has 2 N–H and O–H groups in total. The minimum Gasteiger partial charge on any atom is -0.507 e. The standard InChI is InChI=1S/C29H28BrF2N5O4/c1-14(2)18-11-17(30)10-15(3)25(18)37-27-19(12-21(32)24(33-27)23-20(31)6-5-7-22(23)38)26(34-28(37)39)36-9-8-35(29(40)41)13-16(36)4/h5-7,10-12,14,16,38H,8-9,13H2,1-4H3,(H,40,41)/t16-/m0/s1. The quantitative estimate of drug-likeness (QED) is 0.293. The topological polar surface area (TPSA) is 112 Å². The summed E-state index contributed by atoms with van der Waals surface area (Å²) >= 11 is 3.52. The SMILES string of the molecule is Cc1cc(Br)cc(C(C)C)c1-n1c(=O)nc(N2CCN(C(=O)O)C[C@@H]2C)c2cc(F)c(-c3c(O)cccc3F)nc21. The first-order chi connectivity index (χ1) is 19.4. The van der Waals surface area contributed by atoms with Gasteiger partial charge in [-0.05, 0) is 61.2 Å². The molecule has 12 heteroatoms. The lowest BCUT2D eigenvalue weighted by molar-refractivity contribution is 0.136. The van der Waals surface area contributed by atoms with Gasteiger partial charge in [0.25, 0.3) is 0 Å². The van der Waals surface area contributed by atoms with Crippen LogP contribution < -0.4 is 10.6 Å². The van der Waals surface area contributed by atoms with E-state index in [1.54, 1.807) is 11.8 Å². The number of carboxylic acid groups (broad SMARTS) is 1. The Hall–Kier alpha value is -4.06. The largest absolute Gasteiger partial charge is 0.507 e. The number of hydrogen-bond donors (Lipinski definition) is 2. The van der Waals surface area contributed by atoms with Gasteiger partial charge in [-0.1, -0.05) is 35.8 Å². The van der Waals surface area contributed by atoms with E-state index in [1.807, 2.05) is 32.9 Å². The van der Waals surface area contributed by atoms with Gasteiger partial charge in [-0.3, -0.25) is 0 Å². The van der Waals surface area contributed by atoms with Crippen molar-refractivity contribution in [2.45, 2.75) is 39.7 Å². The third-order valence-electron chi connectivity index (χ3n) is 7.34. The van der Waals surface area contributed by atoms with Crippen molar-refractivity contribution < 1.29 is 23.8 Å². The number of hydrogen-bond acceptors (Lipinski definition) is 6. The number of halogens is 3. The number of fused-ring (bicyclic) bond motifs is 1. The molecule has 1 aliphatic heterocycles. The Kier molecular flexibility index (Phi) is 7.45. The molecule has 1 fully saturated rings. The van der Waals surface area contributed by atoms with E-state index in [9.17, 15) is 24.2 Å². The van der Waals surface area contributed by atoms with E-state index in [1.165, 1.54) is 21.6 Å². The van der Waals surface area contributed by atoms with Crippen LogP contribution in [0.5, 0.6) is 5.75 Å². The molecule has 1 atom stereocenters. The molecule has 9 nitrogen and oxygen atoms in total. The second-order valence-electron chi connectivity index (χ2n) is 10.5. The lowest BCUT2D eigenvalue weighted by atomic mass is 9.98. The average molecular weight is 628 g/mol. The number of benzene rings is 2. The molecule has 3 heterocycles. The maximum Gasteiger partial charge on any atom is 0.407 e. The summed E-state index contributed by atoms with van der Waals surface area (Å²) in [6, 6.07) is 8.10. The lowest BCUT2D eigenvalue weighted by Crippen LogP contribution is -2.54. The first-order valence-corrected chi connectivity index (χ1v) is 13.8. The molecule has 0 aliphatic carbocycles. The highest BCUT2D eigenvalue weighted by Crippen LogP contribution is 2.37. The number of carbonyl (C=O) groups is 1. The number of amides is 1. The zero-order valence-corrected chi connectivity index (χ0v) is 24.4. The smallest absolute Gasteiger partial charge is 0.407 e. The van der Waals surface area contributed by atoms with E-state index in [0.717, 1.165) is 27.7 Å². The van der Waals surface area contributed by atoms with Gasteiger partial charge in [0.1, 0.15) is 23.1 Å². The first-order valence-electron chi connectivity index (χ1n) is 13.0. The summed E-state index contributed by atoms with van der Waals surface area (Å²) in [6.07, 6.45) is -1.06. The third-order valence-corrected chi connectivity index (χ3v) is 7.80. The number of pyridine rings is 1. The average Bonchev–Trinajstić information content (AvgIpc) is 2.89. The molecule has 1 saturated heterocycles. The van der Waals surface area contributed by atoms with Crippen LogP contribution in [0.25, 0.3) is 28.0 Å². The van der Waals surface area contributed by atoms with E-state index >= 15 is 4.39 Å². The highest BCUT2D eigenvalue weighted by Gasteiger charge is 2.31. The number of phenols is 1. The molecule has 0 unspecified atom stereocenters. The number of aryl methyl sites for hydroxylation is 1. The van der Waals surface area contributed by atoms with Gasteiger partial charge in [0.05, 0.1) is 16.6 Å². The fraction of sp³-hybridized carbons (Fsp3) is 0.310. The van der Waals surface area contributed by atoms with Gasteiger partial charge in [0.2, 0.25) is 0 Å².